The minimum atomic E-state index is 0.0684. The molecule has 6 nitrogen and oxygen atoms in total. The molecule has 0 spiro atoms. The highest BCUT2D eigenvalue weighted by atomic mass is 32.2. The lowest BCUT2D eigenvalue weighted by molar-refractivity contribution is 0.102. The molecule has 0 unspecified atom stereocenters. The highest BCUT2D eigenvalue weighted by Crippen LogP contribution is 2.32. The number of nitrogens with zero attached hydrogens (tertiary/aromatic N) is 3. The van der Waals surface area contributed by atoms with E-state index in [1.165, 1.54) is 11.8 Å². The quantitative estimate of drug-likeness (QED) is 0.433. The third-order valence-corrected chi connectivity index (χ3v) is 5.07. The highest BCUT2D eigenvalue weighted by molar-refractivity contribution is 7.99. The maximum Gasteiger partial charge on any atom is 0.191 e. The van der Waals surface area contributed by atoms with E-state index in [9.17, 15) is 4.79 Å². The molecule has 0 bridgehead atoms. The van der Waals surface area contributed by atoms with Gasteiger partial charge in [0.2, 0.25) is 0 Å². The third-order valence-electron chi connectivity index (χ3n) is 4.10. The van der Waals surface area contributed by atoms with Crippen LogP contribution in [0.3, 0.4) is 0 Å². The van der Waals surface area contributed by atoms with Gasteiger partial charge in [0.15, 0.2) is 28.3 Å². The number of ketones is 1. The van der Waals surface area contributed by atoms with Crippen LogP contribution in [0.2, 0.25) is 0 Å². The van der Waals surface area contributed by atoms with E-state index < -0.39 is 0 Å². The molecule has 0 atom stereocenters. The molecule has 0 fully saturated rings. The van der Waals surface area contributed by atoms with Crippen molar-refractivity contribution in [2.24, 2.45) is 0 Å². The maximum absolute atomic E-state index is 12.3. The Labute approximate surface area is 162 Å². The van der Waals surface area contributed by atoms with Gasteiger partial charge in [-0.1, -0.05) is 42.1 Å². The molecule has 0 aliphatic heterocycles. The summed E-state index contributed by atoms with van der Waals surface area (Å²) in [6.07, 6.45) is 0. The van der Waals surface area contributed by atoms with E-state index in [-0.39, 0.29) is 5.78 Å². The Bertz CT molecular complexity index is 925. The smallest absolute Gasteiger partial charge is 0.191 e. The van der Waals surface area contributed by atoms with Gasteiger partial charge in [-0.15, -0.1) is 10.2 Å². The van der Waals surface area contributed by atoms with Crippen LogP contribution in [0, 0.1) is 0 Å². The first-order valence-corrected chi connectivity index (χ1v) is 9.53. The third kappa shape index (κ3) is 4.14. The number of methoxy groups -OCH3 is 2. The van der Waals surface area contributed by atoms with Gasteiger partial charge >= 0.3 is 0 Å². The summed E-state index contributed by atoms with van der Waals surface area (Å²) in [5, 5.41) is 9.32. The number of rotatable bonds is 8. The van der Waals surface area contributed by atoms with Crippen molar-refractivity contribution in [3.8, 4) is 22.9 Å². The maximum atomic E-state index is 12.3. The summed E-state index contributed by atoms with van der Waals surface area (Å²) in [4.78, 5) is 12.3. The van der Waals surface area contributed by atoms with Gasteiger partial charge in [-0.05, 0) is 25.1 Å². The molecule has 0 amide bonds. The van der Waals surface area contributed by atoms with Gasteiger partial charge in [-0.3, -0.25) is 4.79 Å². The summed E-state index contributed by atoms with van der Waals surface area (Å²) < 4.78 is 12.7. The molecule has 0 aliphatic rings. The summed E-state index contributed by atoms with van der Waals surface area (Å²) in [5.41, 5.74) is 1.58. The summed E-state index contributed by atoms with van der Waals surface area (Å²) in [6.45, 7) is 2.72. The van der Waals surface area contributed by atoms with Crippen molar-refractivity contribution in [1.29, 1.82) is 0 Å². The van der Waals surface area contributed by atoms with Crippen molar-refractivity contribution in [2.45, 2.75) is 18.6 Å². The number of hydrogen-bond acceptors (Lipinski definition) is 6. The fourth-order valence-electron chi connectivity index (χ4n) is 2.71. The zero-order valence-corrected chi connectivity index (χ0v) is 16.3. The molecule has 0 saturated carbocycles. The number of hydrogen-bond donors (Lipinski definition) is 0. The van der Waals surface area contributed by atoms with Crippen molar-refractivity contribution in [3.05, 3.63) is 54.1 Å². The zero-order valence-electron chi connectivity index (χ0n) is 15.5. The van der Waals surface area contributed by atoms with E-state index in [0.717, 1.165) is 11.4 Å². The van der Waals surface area contributed by atoms with E-state index in [4.69, 9.17) is 9.47 Å². The van der Waals surface area contributed by atoms with E-state index in [2.05, 4.69) is 10.2 Å². The zero-order chi connectivity index (χ0) is 19.2. The van der Waals surface area contributed by atoms with Crippen LogP contribution in [0.1, 0.15) is 17.3 Å². The van der Waals surface area contributed by atoms with E-state index in [1.807, 2.05) is 60.0 Å². The van der Waals surface area contributed by atoms with Crippen molar-refractivity contribution >= 4 is 17.5 Å². The lowest BCUT2D eigenvalue weighted by Gasteiger charge is -2.10. The second-order valence-electron chi connectivity index (χ2n) is 5.70. The largest absolute Gasteiger partial charge is 0.493 e. The summed E-state index contributed by atoms with van der Waals surface area (Å²) in [6, 6.07) is 14.9. The Morgan fingerprint density at radius 3 is 2.44 bits per heavy atom. The first kappa shape index (κ1) is 19.0. The Kier molecular flexibility index (Phi) is 6.13. The SMILES string of the molecule is CCn1c(SCC(=O)c2ccccc2)nnc1-c1ccc(OC)c(OC)c1. The standard InChI is InChI=1S/C20H21N3O3S/c1-4-23-19(15-10-11-17(25-2)18(12-15)26-3)21-22-20(23)27-13-16(24)14-8-6-5-7-9-14/h5-12H,4,13H2,1-3H3. The van der Waals surface area contributed by atoms with Crippen molar-refractivity contribution in [2.75, 3.05) is 20.0 Å². The summed E-state index contributed by atoms with van der Waals surface area (Å²) in [7, 11) is 3.20. The van der Waals surface area contributed by atoms with Crippen LogP contribution in [0.4, 0.5) is 0 Å². The van der Waals surface area contributed by atoms with Crippen LogP contribution in [0.5, 0.6) is 11.5 Å². The molecule has 0 radical (unpaired) electrons. The minimum Gasteiger partial charge on any atom is -0.493 e. The molecule has 1 heterocycles. The van der Waals surface area contributed by atoms with Crippen molar-refractivity contribution in [1.82, 2.24) is 14.8 Å². The molecule has 27 heavy (non-hydrogen) atoms. The van der Waals surface area contributed by atoms with Crippen LogP contribution >= 0.6 is 11.8 Å². The van der Waals surface area contributed by atoms with Gasteiger partial charge < -0.3 is 14.0 Å². The predicted octanol–water partition coefficient (Wildman–Crippen LogP) is 3.96. The number of carbonyl (C=O) groups excluding carboxylic acids is 1. The molecular formula is C20H21N3O3S. The van der Waals surface area contributed by atoms with Gasteiger partial charge in [0.25, 0.3) is 0 Å². The number of Topliss-reactive ketones (excluding diaryl/α,β-unsaturated/α-hetero) is 1. The normalized spacial score (nSPS) is 10.6. The van der Waals surface area contributed by atoms with E-state index >= 15 is 0 Å². The molecule has 2 aromatic carbocycles. The minimum absolute atomic E-state index is 0.0684. The van der Waals surface area contributed by atoms with Crippen LogP contribution < -0.4 is 9.47 Å². The topological polar surface area (TPSA) is 66.2 Å². The highest BCUT2D eigenvalue weighted by Gasteiger charge is 2.16. The Morgan fingerprint density at radius 1 is 1.04 bits per heavy atom. The monoisotopic (exact) mass is 383 g/mol. The molecule has 0 N–H and O–H groups in total. The van der Waals surface area contributed by atoms with Gasteiger partial charge in [-0.2, -0.15) is 0 Å². The molecule has 7 heteroatoms. The fourth-order valence-corrected chi connectivity index (χ4v) is 3.60. The molecule has 140 valence electrons. The molecule has 3 rings (SSSR count). The van der Waals surface area contributed by atoms with E-state index in [0.29, 0.717) is 34.5 Å². The lowest BCUT2D eigenvalue weighted by atomic mass is 10.2. The van der Waals surface area contributed by atoms with Gasteiger partial charge in [-0.25, -0.2) is 0 Å². The predicted molar refractivity (Wildman–Crippen MR) is 106 cm³/mol. The number of ether oxygens (including phenoxy) is 2. The van der Waals surface area contributed by atoms with Gasteiger partial charge in [0.1, 0.15) is 0 Å². The van der Waals surface area contributed by atoms with E-state index in [1.54, 1.807) is 14.2 Å². The first-order chi connectivity index (χ1) is 13.2. The van der Waals surface area contributed by atoms with Crippen LogP contribution in [0.15, 0.2) is 53.7 Å². The van der Waals surface area contributed by atoms with Crippen LogP contribution in [-0.2, 0) is 6.54 Å². The lowest BCUT2D eigenvalue weighted by Crippen LogP contribution is -2.05. The first-order valence-electron chi connectivity index (χ1n) is 8.54. The van der Waals surface area contributed by atoms with Crippen molar-refractivity contribution < 1.29 is 14.3 Å². The number of carbonyl (C=O) groups is 1. The average molecular weight is 383 g/mol. The number of thioether (sulfide) groups is 1. The van der Waals surface area contributed by atoms with Crippen LogP contribution in [0.25, 0.3) is 11.4 Å². The summed E-state index contributed by atoms with van der Waals surface area (Å²) >= 11 is 1.39. The molecule has 1 aromatic heterocycles. The Balaban J connectivity index is 1.82. The van der Waals surface area contributed by atoms with Crippen LogP contribution in [-0.4, -0.2) is 40.5 Å². The molecule has 3 aromatic rings. The average Bonchev–Trinajstić information content (AvgIpc) is 3.14. The van der Waals surface area contributed by atoms with Gasteiger partial charge in [0.05, 0.1) is 20.0 Å². The number of aromatic nitrogens is 3. The second-order valence-corrected chi connectivity index (χ2v) is 6.64. The van der Waals surface area contributed by atoms with Gasteiger partial charge in [0, 0.05) is 17.7 Å². The molecule has 0 saturated heterocycles. The Morgan fingerprint density at radius 2 is 1.78 bits per heavy atom. The molecular weight excluding hydrogens is 362 g/mol. The second kappa shape index (κ2) is 8.73. The summed E-state index contributed by atoms with van der Waals surface area (Å²) in [5.74, 6) is 2.40. The van der Waals surface area contributed by atoms with Crippen molar-refractivity contribution in [3.63, 3.8) is 0 Å². The Hall–Kier alpha value is -2.80. The molecule has 0 aliphatic carbocycles. The fraction of sp³-hybridized carbons (Fsp3) is 0.250. The number of benzene rings is 2.